The lowest BCUT2D eigenvalue weighted by molar-refractivity contribution is 0.00791. The number of morpholine rings is 1. The number of hydrogen-bond acceptors (Lipinski definition) is 6. The fourth-order valence-electron chi connectivity index (χ4n) is 4.31. The molecule has 0 spiro atoms. The van der Waals surface area contributed by atoms with Crippen molar-refractivity contribution < 1.29 is 9.84 Å². The first-order valence-electron chi connectivity index (χ1n) is 10.7. The van der Waals surface area contributed by atoms with E-state index in [1.54, 1.807) is 26.3 Å². The van der Waals surface area contributed by atoms with E-state index in [4.69, 9.17) is 4.74 Å². The summed E-state index contributed by atoms with van der Waals surface area (Å²) in [5.41, 5.74) is 1.14. The zero-order chi connectivity index (χ0) is 20.3. The van der Waals surface area contributed by atoms with Crippen molar-refractivity contribution in [2.75, 3.05) is 31.6 Å². The van der Waals surface area contributed by atoms with Crippen LogP contribution in [-0.4, -0.2) is 64.0 Å². The fraction of sp³-hybridized carbons (Fsp3) is 0.565. The van der Waals surface area contributed by atoms with E-state index in [1.165, 1.54) is 12.8 Å². The van der Waals surface area contributed by atoms with Gasteiger partial charge in [0.2, 0.25) is 0 Å². The van der Waals surface area contributed by atoms with Crippen LogP contribution in [0.25, 0.3) is 17.0 Å². The number of rotatable bonds is 5. The summed E-state index contributed by atoms with van der Waals surface area (Å²) in [5.74, 6) is 0.906. The fourth-order valence-corrected chi connectivity index (χ4v) is 4.31. The number of anilines is 1. The molecule has 6 nitrogen and oxygen atoms in total. The lowest BCUT2D eigenvalue weighted by Crippen LogP contribution is -2.46. The van der Waals surface area contributed by atoms with E-state index in [0.29, 0.717) is 12.1 Å². The van der Waals surface area contributed by atoms with Crippen LogP contribution in [0, 0.1) is 0 Å². The summed E-state index contributed by atoms with van der Waals surface area (Å²) >= 11 is 0. The van der Waals surface area contributed by atoms with Crippen molar-refractivity contribution in [3.05, 3.63) is 36.2 Å². The molecule has 0 radical (unpaired) electrons. The number of fused-ring (bicyclic) bond motifs is 1. The summed E-state index contributed by atoms with van der Waals surface area (Å²) in [5, 5.41) is 14.7. The minimum Gasteiger partial charge on any atom is -0.386 e. The Labute approximate surface area is 173 Å². The van der Waals surface area contributed by atoms with Crippen LogP contribution < -0.4 is 5.32 Å². The maximum atomic E-state index is 9.94. The number of ether oxygens (including phenoxy) is 1. The number of nitrogens with one attached hydrogen (secondary N) is 1. The zero-order valence-corrected chi connectivity index (χ0v) is 17.5. The molecule has 1 saturated heterocycles. The zero-order valence-electron chi connectivity index (χ0n) is 17.5. The predicted molar refractivity (Wildman–Crippen MR) is 117 cm³/mol. The predicted octanol–water partition coefficient (Wildman–Crippen LogP) is 3.47. The molecule has 156 valence electrons. The highest BCUT2D eigenvalue weighted by Gasteiger charge is 2.27. The quantitative estimate of drug-likeness (QED) is 0.806. The van der Waals surface area contributed by atoms with Crippen LogP contribution in [0.4, 0.5) is 5.82 Å². The molecule has 6 heteroatoms. The Kier molecular flexibility index (Phi) is 6.13. The second-order valence-electron chi connectivity index (χ2n) is 8.78. The van der Waals surface area contributed by atoms with Crippen LogP contribution in [0.5, 0.6) is 0 Å². The topological polar surface area (TPSA) is 70.5 Å². The molecule has 0 atom stereocenters. The first-order valence-corrected chi connectivity index (χ1v) is 10.7. The van der Waals surface area contributed by atoms with Crippen LogP contribution in [0.3, 0.4) is 0 Å². The van der Waals surface area contributed by atoms with Crippen molar-refractivity contribution >= 4 is 22.8 Å². The van der Waals surface area contributed by atoms with Gasteiger partial charge in [-0.3, -0.25) is 4.90 Å². The van der Waals surface area contributed by atoms with Crippen LogP contribution in [0.2, 0.25) is 0 Å². The standard InChI is InChI=1S/C23H32N4O2/c1-23(2,28)10-9-17-3-8-21-20(15-17)22(25-16-24-21)26-18-4-6-19(7-5-18)27-11-13-29-14-12-27/h3,8-10,15-16,18-19,28H,4-7,11-14H2,1-2H3,(H,24,25,26). The number of hydrogen-bond donors (Lipinski definition) is 2. The van der Waals surface area contributed by atoms with E-state index in [0.717, 1.165) is 61.4 Å². The Bertz CT molecular complexity index is 848. The first kappa shape index (κ1) is 20.3. The Hall–Kier alpha value is -2.02. The van der Waals surface area contributed by atoms with Gasteiger partial charge < -0.3 is 15.2 Å². The number of benzene rings is 1. The van der Waals surface area contributed by atoms with Crippen LogP contribution in [0.1, 0.15) is 45.1 Å². The summed E-state index contributed by atoms with van der Waals surface area (Å²) in [4.78, 5) is 11.6. The minimum absolute atomic E-state index is 0.445. The van der Waals surface area contributed by atoms with E-state index in [9.17, 15) is 5.11 Å². The molecule has 1 aliphatic heterocycles. The highest BCUT2D eigenvalue weighted by molar-refractivity contribution is 5.90. The summed E-state index contributed by atoms with van der Waals surface area (Å²) in [6.45, 7) is 7.42. The number of aromatic nitrogens is 2. The molecule has 0 bridgehead atoms. The number of nitrogens with zero attached hydrogens (tertiary/aromatic N) is 3. The molecule has 2 heterocycles. The number of aliphatic hydroxyl groups is 1. The molecule has 1 aromatic carbocycles. The van der Waals surface area contributed by atoms with Crippen LogP contribution in [0.15, 0.2) is 30.6 Å². The highest BCUT2D eigenvalue weighted by Crippen LogP contribution is 2.28. The molecule has 4 rings (SSSR count). The lowest BCUT2D eigenvalue weighted by atomic mass is 9.90. The van der Waals surface area contributed by atoms with Crippen molar-refractivity contribution in [2.24, 2.45) is 0 Å². The van der Waals surface area contributed by atoms with Gasteiger partial charge >= 0.3 is 0 Å². The molecule has 2 fully saturated rings. The third kappa shape index (κ3) is 5.32. The van der Waals surface area contributed by atoms with E-state index >= 15 is 0 Å². The normalized spacial score (nSPS) is 24.2. The van der Waals surface area contributed by atoms with E-state index in [1.807, 2.05) is 18.2 Å². The molecule has 1 aromatic heterocycles. The summed E-state index contributed by atoms with van der Waals surface area (Å²) < 4.78 is 5.49. The van der Waals surface area contributed by atoms with Gasteiger partial charge in [-0.15, -0.1) is 0 Å². The molecular weight excluding hydrogens is 364 g/mol. The Morgan fingerprint density at radius 1 is 1.14 bits per heavy atom. The van der Waals surface area contributed by atoms with Crippen molar-refractivity contribution in [3.8, 4) is 0 Å². The average Bonchev–Trinajstić information content (AvgIpc) is 2.73. The largest absolute Gasteiger partial charge is 0.386 e. The first-order chi connectivity index (χ1) is 14.0. The third-order valence-electron chi connectivity index (χ3n) is 5.94. The van der Waals surface area contributed by atoms with E-state index in [-0.39, 0.29) is 0 Å². The average molecular weight is 397 g/mol. The van der Waals surface area contributed by atoms with Gasteiger partial charge in [-0.2, -0.15) is 0 Å². The van der Waals surface area contributed by atoms with E-state index in [2.05, 4.69) is 26.3 Å². The van der Waals surface area contributed by atoms with Gasteiger partial charge in [0.05, 0.1) is 24.3 Å². The molecule has 2 N–H and O–H groups in total. The van der Waals surface area contributed by atoms with Crippen molar-refractivity contribution in [1.29, 1.82) is 0 Å². The molecular formula is C23H32N4O2. The molecule has 29 heavy (non-hydrogen) atoms. The molecule has 0 unspecified atom stereocenters. The second kappa shape index (κ2) is 8.78. The minimum atomic E-state index is -0.831. The summed E-state index contributed by atoms with van der Waals surface area (Å²) in [6.07, 6.45) is 10.1. The SMILES string of the molecule is CC(C)(O)C=Cc1ccc2ncnc(NC3CCC(N4CCOCC4)CC3)c2c1. The lowest BCUT2D eigenvalue weighted by Gasteiger charge is -2.39. The van der Waals surface area contributed by atoms with Crippen molar-refractivity contribution in [3.63, 3.8) is 0 Å². The highest BCUT2D eigenvalue weighted by atomic mass is 16.5. The second-order valence-corrected chi connectivity index (χ2v) is 8.78. The monoisotopic (exact) mass is 396 g/mol. The van der Waals surface area contributed by atoms with Gasteiger partial charge in [0.1, 0.15) is 12.1 Å². The maximum Gasteiger partial charge on any atom is 0.137 e. The smallest absolute Gasteiger partial charge is 0.137 e. The maximum absolute atomic E-state index is 9.94. The summed E-state index contributed by atoms with van der Waals surface area (Å²) in [7, 11) is 0. The van der Waals surface area contributed by atoms with Gasteiger partial charge in [-0.25, -0.2) is 9.97 Å². The molecule has 1 aliphatic carbocycles. The summed E-state index contributed by atoms with van der Waals surface area (Å²) in [6, 6.07) is 7.27. The van der Waals surface area contributed by atoms with Gasteiger partial charge in [-0.1, -0.05) is 18.2 Å². The van der Waals surface area contributed by atoms with Crippen molar-refractivity contribution in [2.45, 2.75) is 57.2 Å². The van der Waals surface area contributed by atoms with Gasteiger partial charge in [0, 0.05) is 30.6 Å². The van der Waals surface area contributed by atoms with Crippen LogP contribution in [-0.2, 0) is 4.74 Å². The van der Waals surface area contributed by atoms with Crippen LogP contribution >= 0.6 is 0 Å². The van der Waals surface area contributed by atoms with Gasteiger partial charge in [0.25, 0.3) is 0 Å². The van der Waals surface area contributed by atoms with Gasteiger partial charge in [-0.05, 0) is 57.2 Å². The van der Waals surface area contributed by atoms with E-state index < -0.39 is 5.60 Å². The molecule has 0 amide bonds. The Morgan fingerprint density at radius 3 is 2.62 bits per heavy atom. The third-order valence-corrected chi connectivity index (χ3v) is 5.94. The molecule has 2 aliphatic rings. The van der Waals surface area contributed by atoms with Crippen molar-refractivity contribution in [1.82, 2.24) is 14.9 Å². The molecule has 1 saturated carbocycles. The Morgan fingerprint density at radius 2 is 1.90 bits per heavy atom. The molecule has 2 aromatic rings. The Balaban J connectivity index is 1.44. The van der Waals surface area contributed by atoms with Gasteiger partial charge in [0.15, 0.2) is 0 Å².